The molecule has 1 rings (SSSR count). The number of hydrogen-bond donors (Lipinski definition) is 2. The molecule has 2 amide bonds. The highest BCUT2D eigenvalue weighted by Gasteiger charge is 2.27. The first-order valence-electron chi connectivity index (χ1n) is 8.20. The predicted molar refractivity (Wildman–Crippen MR) is 94.4 cm³/mol. The first kappa shape index (κ1) is 21.1. The Morgan fingerprint density at radius 1 is 1.19 bits per heavy atom. The number of methoxy groups -OCH3 is 1. The van der Waals surface area contributed by atoms with E-state index in [0.29, 0.717) is 12.1 Å². The zero-order chi connectivity index (χ0) is 19.7. The Morgan fingerprint density at radius 2 is 1.88 bits per heavy atom. The van der Waals surface area contributed by atoms with Gasteiger partial charge in [0, 0.05) is 12.6 Å². The van der Waals surface area contributed by atoms with Crippen LogP contribution >= 0.6 is 0 Å². The summed E-state index contributed by atoms with van der Waals surface area (Å²) in [4.78, 5) is 46.8. The standard InChI is InChI=1S/C18H24N2O6/c1-5-11(2)16(18(24)25-4)20-15(22)10-26-17(23)13-7-6-8-14(9-13)19-12(3)21/h6-9,11,16H,5,10H2,1-4H3,(H,19,21)(H,20,22)/t11-,16+/m0/s1. The Hall–Kier alpha value is -2.90. The Morgan fingerprint density at radius 3 is 2.46 bits per heavy atom. The molecule has 1 aromatic carbocycles. The van der Waals surface area contributed by atoms with Gasteiger partial charge in [0.2, 0.25) is 5.91 Å². The topological polar surface area (TPSA) is 111 Å². The van der Waals surface area contributed by atoms with Gasteiger partial charge in [0.05, 0.1) is 12.7 Å². The molecule has 0 saturated carbocycles. The Labute approximate surface area is 152 Å². The molecule has 0 aromatic heterocycles. The van der Waals surface area contributed by atoms with Crippen LogP contribution in [-0.2, 0) is 23.9 Å². The number of esters is 2. The van der Waals surface area contributed by atoms with Crippen molar-refractivity contribution < 1.29 is 28.7 Å². The molecule has 2 N–H and O–H groups in total. The smallest absolute Gasteiger partial charge is 0.338 e. The van der Waals surface area contributed by atoms with Crippen LogP contribution in [0.1, 0.15) is 37.6 Å². The Balaban J connectivity index is 2.64. The van der Waals surface area contributed by atoms with Crippen LogP contribution in [0.15, 0.2) is 24.3 Å². The maximum Gasteiger partial charge on any atom is 0.338 e. The second-order valence-corrected chi connectivity index (χ2v) is 5.79. The molecule has 0 spiro atoms. The van der Waals surface area contributed by atoms with E-state index in [1.54, 1.807) is 19.1 Å². The van der Waals surface area contributed by atoms with Crippen molar-refractivity contribution in [2.24, 2.45) is 5.92 Å². The summed E-state index contributed by atoms with van der Waals surface area (Å²) < 4.78 is 9.64. The van der Waals surface area contributed by atoms with Crippen LogP contribution in [0, 0.1) is 5.92 Å². The minimum Gasteiger partial charge on any atom is -0.467 e. The lowest BCUT2D eigenvalue weighted by atomic mass is 9.99. The molecule has 0 heterocycles. The largest absolute Gasteiger partial charge is 0.467 e. The molecule has 0 aliphatic heterocycles. The van der Waals surface area contributed by atoms with Crippen molar-refractivity contribution in [1.82, 2.24) is 5.32 Å². The van der Waals surface area contributed by atoms with Crippen molar-refractivity contribution >= 4 is 29.4 Å². The van der Waals surface area contributed by atoms with Gasteiger partial charge in [-0.3, -0.25) is 9.59 Å². The molecule has 142 valence electrons. The van der Waals surface area contributed by atoms with Gasteiger partial charge in [-0.2, -0.15) is 0 Å². The molecular weight excluding hydrogens is 340 g/mol. The van der Waals surface area contributed by atoms with E-state index in [4.69, 9.17) is 4.74 Å². The summed E-state index contributed by atoms with van der Waals surface area (Å²) in [6, 6.07) is 5.34. The van der Waals surface area contributed by atoms with Crippen LogP contribution in [0.25, 0.3) is 0 Å². The maximum absolute atomic E-state index is 12.0. The molecule has 0 unspecified atom stereocenters. The fourth-order valence-electron chi connectivity index (χ4n) is 2.15. The summed E-state index contributed by atoms with van der Waals surface area (Å²) in [5.74, 6) is -2.27. The second kappa shape index (κ2) is 10.2. The summed E-state index contributed by atoms with van der Waals surface area (Å²) in [5, 5.41) is 5.07. The minimum absolute atomic E-state index is 0.128. The third-order valence-corrected chi connectivity index (χ3v) is 3.74. The monoisotopic (exact) mass is 364 g/mol. The van der Waals surface area contributed by atoms with Crippen molar-refractivity contribution in [1.29, 1.82) is 0 Å². The van der Waals surface area contributed by atoms with E-state index in [0.717, 1.165) is 0 Å². The average molecular weight is 364 g/mol. The molecule has 8 nitrogen and oxygen atoms in total. The SMILES string of the molecule is CC[C@H](C)[C@@H](NC(=O)COC(=O)c1cccc(NC(C)=O)c1)C(=O)OC. The molecule has 0 fully saturated rings. The third-order valence-electron chi connectivity index (χ3n) is 3.74. The average Bonchev–Trinajstić information content (AvgIpc) is 2.62. The van der Waals surface area contributed by atoms with E-state index in [2.05, 4.69) is 15.4 Å². The number of carbonyl (C=O) groups excluding carboxylic acids is 4. The van der Waals surface area contributed by atoms with Crippen molar-refractivity contribution in [2.75, 3.05) is 19.0 Å². The van der Waals surface area contributed by atoms with Crippen molar-refractivity contribution in [3.05, 3.63) is 29.8 Å². The van der Waals surface area contributed by atoms with Crippen LogP contribution in [0.2, 0.25) is 0 Å². The molecule has 8 heteroatoms. The zero-order valence-corrected chi connectivity index (χ0v) is 15.3. The summed E-state index contributed by atoms with van der Waals surface area (Å²) in [7, 11) is 1.24. The first-order valence-corrected chi connectivity index (χ1v) is 8.20. The Bertz CT molecular complexity index is 673. The molecule has 0 radical (unpaired) electrons. The van der Waals surface area contributed by atoms with Crippen LogP contribution in [-0.4, -0.2) is 43.5 Å². The van der Waals surface area contributed by atoms with E-state index in [1.165, 1.54) is 26.2 Å². The molecule has 0 aliphatic rings. The molecule has 0 aliphatic carbocycles. The zero-order valence-electron chi connectivity index (χ0n) is 15.3. The van der Waals surface area contributed by atoms with Gasteiger partial charge in [0.1, 0.15) is 6.04 Å². The summed E-state index contributed by atoms with van der Waals surface area (Å²) in [5.41, 5.74) is 0.634. The lowest BCUT2D eigenvalue weighted by Gasteiger charge is -2.21. The summed E-state index contributed by atoms with van der Waals surface area (Å²) in [6.07, 6.45) is 0.662. The van der Waals surface area contributed by atoms with E-state index >= 15 is 0 Å². The van der Waals surface area contributed by atoms with Crippen molar-refractivity contribution in [3.8, 4) is 0 Å². The van der Waals surface area contributed by atoms with E-state index < -0.39 is 30.5 Å². The molecule has 2 atom stereocenters. The molecule has 1 aromatic rings. The number of amides is 2. The minimum atomic E-state index is -0.806. The first-order chi connectivity index (χ1) is 12.3. The molecule has 26 heavy (non-hydrogen) atoms. The van der Waals surface area contributed by atoms with Gasteiger partial charge in [-0.15, -0.1) is 0 Å². The Kier molecular flexibility index (Phi) is 8.27. The van der Waals surface area contributed by atoms with E-state index in [1.807, 2.05) is 6.92 Å². The third kappa shape index (κ3) is 6.54. The van der Waals surface area contributed by atoms with Crippen molar-refractivity contribution in [3.63, 3.8) is 0 Å². The highest BCUT2D eigenvalue weighted by atomic mass is 16.5. The predicted octanol–water partition coefficient (Wildman–Crippen LogP) is 1.51. The lowest BCUT2D eigenvalue weighted by molar-refractivity contribution is -0.147. The van der Waals surface area contributed by atoms with Gasteiger partial charge in [-0.1, -0.05) is 26.3 Å². The van der Waals surface area contributed by atoms with Crippen LogP contribution in [0.4, 0.5) is 5.69 Å². The number of nitrogens with one attached hydrogen (secondary N) is 2. The number of hydrogen-bond acceptors (Lipinski definition) is 6. The van der Waals surface area contributed by atoms with E-state index in [9.17, 15) is 19.2 Å². The highest BCUT2D eigenvalue weighted by molar-refractivity contribution is 5.95. The quantitative estimate of drug-likeness (QED) is 0.677. The summed E-state index contributed by atoms with van der Waals surface area (Å²) >= 11 is 0. The van der Waals surface area contributed by atoms with Gasteiger partial charge in [-0.25, -0.2) is 9.59 Å². The van der Waals surface area contributed by atoms with Gasteiger partial charge in [-0.05, 0) is 24.1 Å². The number of anilines is 1. The highest BCUT2D eigenvalue weighted by Crippen LogP contribution is 2.12. The van der Waals surface area contributed by atoms with Crippen molar-refractivity contribution in [2.45, 2.75) is 33.2 Å². The second-order valence-electron chi connectivity index (χ2n) is 5.79. The summed E-state index contributed by atoms with van der Waals surface area (Å²) in [6.45, 7) is 4.51. The molecule has 0 saturated heterocycles. The van der Waals surface area contributed by atoms with Gasteiger partial charge in [0.15, 0.2) is 6.61 Å². The van der Waals surface area contributed by atoms with Gasteiger partial charge < -0.3 is 20.1 Å². The number of rotatable bonds is 8. The number of ether oxygens (including phenoxy) is 2. The molecule has 0 bridgehead atoms. The van der Waals surface area contributed by atoms with Gasteiger partial charge >= 0.3 is 11.9 Å². The lowest BCUT2D eigenvalue weighted by Crippen LogP contribution is -2.47. The number of benzene rings is 1. The molecular formula is C18H24N2O6. The fourth-order valence-corrected chi connectivity index (χ4v) is 2.15. The van der Waals surface area contributed by atoms with Crippen LogP contribution in [0.3, 0.4) is 0 Å². The van der Waals surface area contributed by atoms with E-state index in [-0.39, 0.29) is 17.4 Å². The number of carbonyl (C=O) groups is 4. The fraction of sp³-hybridized carbons (Fsp3) is 0.444. The normalized spacial score (nSPS) is 12.5. The van der Waals surface area contributed by atoms with Crippen LogP contribution in [0.5, 0.6) is 0 Å². The van der Waals surface area contributed by atoms with Crippen LogP contribution < -0.4 is 10.6 Å². The maximum atomic E-state index is 12.0. The van der Waals surface area contributed by atoms with Gasteiger partial charge in [0.25, 0.3) is 5.91 Å².